The minimum absolute atomic E-state index is 0.0401. The fraction of sp³-hybridized carbons (Fsp3) is 0.773. The molecule has 0 bridgehead atoms. The lowest BCUT2D eigenvalue weighted by Gasteiger charge is -2.52. The van der Waals surface area contributed by atoms with Crippen LogP contribution in [0.1, 0.15) is 34.1 Å². The molecule has 0 saturated heterocycles. The largest absolute Gasteiger partial charge is 0.392 e. The van der Waals surface area contributed by atoms with Gasteiger partial charge < -0.3 is 29.9 Å². The van der Waals surface area contributed by atoms with Gasteiger partial charge in [-0.2, -0.15) is 0 Å². The fourth-order valence-corrected chi connectivity index (χ4v) is 6.83. The second kappa shape index (κ2) is 6.22. The smallest absolute Gasteiger partial charge is 0.190 e. The van der Waals surface area contributed by atoms with Gasteiger partial charge in [0.1, 0.15) is 18.0 Å². The summed E-state index contributed by atoms with van der Waals surface area (Å²) in [7, 11) is 1.49. The second-order valence-electron chi connectivity index (χ2n) is 9.96. The highest BCUT2D eigenvalue weighted by molar-refractivity contribution is 6.04. The number of ether oxygens (including phenoxy) is 2. The summed E-state index contributed by atoms with van der Waals surface area (Å²) in [6.45, 7) is 6.94. The monoisotopic (exact) mass is 408 g/mol. The molecule has 0 amide bonds. The van der Waals surface area contributed by atoms with E-state index in [0.29, 0.717) is 11.1 Å². The molecule has 162 valence electrons. The number of methoxy groups -OCH3 is 1. The molecule has 0 spiro atoms. The van der Waals surface area contributed by atoms with Gasteiger partial charge in [-0.05, 0) is 18.1 Å². The average Bonchev–Trinajstić information content (AvgIpc) is 3.05. The Morgan fingerprint density at radius 3 is 2.45 bits per heavy atom. The summed E-state index contributed by atoms with van der Waals surface area (Å²) in [6.07, 6.45) is 2.66. The molecule has 29 heavy (non-hydrogen) atoms. The van der Waals surface area contributed by atoms with E-state index in [0.717, 1.165) is 0 Å². The van der Waals surface area contributed by atoms with Crippen molar-refractivity contribution in [2.45, 2.75) is 57.0 Å². The Balaban J connectivity index is 1.91. The van der Waals surface area contributed by atoms with Gasteiger partial charge in [-0.15, -0.1) is 0 Å². The molecule has 8 atom stereocenters. The number of aliphatic hydroxyl groups excluding tert-OH is 1. The Bertz CT molecular complexity index is 801. The van der Waals surface area contributed by atoms with Gasteiger partial charge in [0.2, 0.25) is 0 Å². The molecule has 7 nitrogen and oxygen atoms in total. The third-order valence-corrected chi connectivity index (χ3v) is 8.37. The van der Waals surface area contributed by atoms with E-state index < -0.39 is 51.9 Å². The third-order valence-electron chi connectivity index (χ3n) is 8.37. The van der Waals surface area contributed by atoms with Crippen molar-refractivity contribution in [2.75, 3.05) is 20.5 Å². The van der Waals surface area contributed by atoms with Crippen molar-refractivity contribution in [1.82, 2.24) is 0 Å². The maximum atomic E-state index is 12.9. The maximum absolute atomic E-state index is 12.9. The van der Waals surface area contributed by atoms with E-state index in [2.05, 4.69) is 0 Å². The number of ketones is 1. The van der Waals surface area contributed by atoms with E-state index in [1.807, 2.05) is 13.8 Å². The van der Waals surface area contributed by atoms with Crippen LogP contribution >= 0.6 is 0 Å². The van der Waals surface area contributed by atoms with Crippen molar-refractivity contribution in [2.24, 2.45) is 29.1 Å². The molecule has 0 aromatic heterocycles. The summed E-state index contributed by atoms with van der Waals surface area (Å²) < 4.78 is 11.0. The summed E-state index contributed by atoms with van der Waals surface area (Å²) >= 11 is 0. The number of carbonyl (C=O) groups is 1. The van der Waals surface area contributed by atoms with E-state index in [1.165, 1.54) is 7.11 Å². The maximum Gasteiger partial charge on any atom is 0.190 e. The van der Waals surface area contributed by atoms with Gasteiger partial charge >= 0.3 is 0 Å². The van der Waals surface area contributed by atoms with E-state index in [4.69, 9.17) is 9.47 Å². The Hall–Kier alpha value is -1.09. The van der Waals surface area contributed by atoms with Crippen molar-refractivity contribution in [3.8, 4) is 0 Å². The molecule has 4 rings (SSSR count). The predicted molar refractivity (Wildman–Crippen MR) is 104 cm³/mol. The number of rotatable bonds is 4. The van der Waals surface area contributed by atoms with Crippen LogP contribution < -0.4 is 0 Å². The first-order valence-electron chi connectivity index (χ1n) is 10.2. The normalized spacial score (nSPS) is 50.1. The number of fused-ring (bicyclic) bond motifs is 5. The quantitative estimate of drug-likeness (QED) is 0.397. The van der Waals surface area contributed by atoms with Crippen LogP contribution in [0.4, 0.5) is 0 Å². The van der Waals surface area contributed by atoms with Crippen LogP contribution in [0.15, 0.2) is 23.3 Å². The van der Waals surface area contributed by atoms with Gasteiger partial charge in [0.15, 0.2) is 5.78 Å². The molecule has 0 aliphatic heterocycles. The lowest BCUT2D eigenvalue weighted by Crippen LogP contribution is -2.65. The fourth-order valence-electron chi connectivity index (χ4n) is 6.83. The summed E-state index contributed by atoms with van der Waals surface area (Å²) in [5.74, 6) is -2.79. The van der Waals surface area contributed by atoms with Crippen molar-refractivity contribution in [1.29, 1.82) is 0 Å². The van der Waals surface area contributed by atoms with Crippen LogP contribution in [-0.4, -0.2) is 69.6 Å². The first-order chi connectivity index (χ1) is 13.4. The molecule has 0 radical (unpaired) electrons. The Kier molecular flexibility index (Phi) is 4.53. The van der Waals surface area contributed by atoms with Crippen molar-refractivity contribution in [3.05, 3.63) is 23.3 Å². The summed E-state index contributed by atoms with van der Waals surface area (Å²) in [6, 6.07) is 0. The highest BCUT2D eigenvalue weighted by atomic mass is 16.7. The predicted octanol–water partition coefficient (Wildman–Crippen LogP) is 0.558. The van der Waals surface area contributed by atoms with Crippen LogP contribution in [0.5, 0.6) is 0 Å². The minimum atomic E-state index is -1.82. The first-order valence-corrected chi connectivity index (χ1v) is 10.2. The molecular formula is C22H32O7. The van der Waals surface area contributed by atoms with E-state index in [9.17, 15) is 25.2 Å². The Labute approximate surface area is 171 Å². The highest BCUT2D eigenvalue weighted by Gasteiger charge is 2.84. The molecule has 2 saturated carbocycles. The van der Waals surface area contributed by atoms with Crippen LogP contribution in [-0.2, 0) is 14.3 Å². The first kappa shape index (κ1) is 21.2. The topological polar surface area (TPSA) is 116 Å². The van der Waals surface area contributed by atoms with Crippen LogP contribution in [0.25, 0.3) is 0 Å². The van der Waals surface area contributed by atoms with Gasteiger partial charge in [0.25, 0.3) is 0 Å². The standard InChI is InChI=1S/C22H32O7/c1-11-6-15-20(25,17(11)24)8-13(9-23)7-14-16-19(3,4)22(16,27)18(29-10-28-5)12(2)21(14,15)26/h6-7,12,14-16,18,23,25-27H,8-10H2,1-5H3/t12-,14+,15-,16-,18-,20-,21-,22-/m1/s1. The van der Waals surface area contributed by atoms with Gasteiger partial charge in [-0.3, -0.25) is 4.79 Å². The molecule has 7 heteroatoms. The number of carbonyl (C=O) groups excluding carboxylic acids is 1. The molecule has 2 fully saturated rings. The second-order valence-corrected chi connectivity index (χ2v) is 9.96. The molecule has 4 aliphatic carbocycles. The van der Waals surface area contributed by atoms with Crippen LogP contribution in [0, 0.1) is 29.1 Å². The zero-order valence-electron chi connectivity index (χ0n) is 17.7. The van der Waals surface area contributed by atoms with Crippen LogP contribution in [0.3, 0.4) is 0 Å². The zero-order chi connectivity index (χ0) is 21.6. The molecule has 4 aliphatic rings. The van der Waals surface area contributed by atoms with Gasteiger partial charge in [-0.1, -0.05) is 32.9 Å². The molecule has 0 aromatic carbocycles. The van der Waals surface area contributed by atoms with E-state index in [-0.39, 0.29) is 25.7 Å². The molecule has 0 unspecified atom stereocenters. The number of hydrogen-bond acceptors (Lipinski definition) is 7. The summed E-state index contributed by atoms with van der Waals surface area (Å²) in [5.41, 5.74) is -4.21. The Morgan fingerprint density at radius 1 is 1.21 bits per heavy atom. The van der Waals surface area contributed by atoms with Crippen molar-refractivity contribution < 1.29 is 34.7 Å². The third kappa shape index (κ3) is 2.32. The van der Waals surface area contributed by atoms with Gasteiger partial charge in [-0.25, -0.2) is 0 Å². The Morgan fingerprint density at radius 2 is 1.86 bits per heavy atom. The zero-order valence-corrected chi connectivity index (χ0v) is 17.7. The molecule has 4 N–H and O–H groups in total. The molecule has 0 heterocycles. The summed E-state index contributed by atoms with van der Waals surface area (Å²) in [4.78, 5) is 12.9. The van der Waals surface area contributed by atoms with Gasteiger partial charge in [0.05, 0.1) is 18.3 Å². The van der Waals surface area contributed by atoms with E-state index in [1.54, 1.807) is 26.0 Å². The lowest BCUT2D eigenvalue weighted by molar-refractivity contribution is -0.236. The van der Waals surface area contributed by atoms with Crippen molar-refractivity contribution >= 4 is 5.78 Å². The van der Waals surface area contributed by atoms with Crippen LogP contribution in [0.2, 0.25) is 0 Å². The van der Waals surface area contributed by atoms with E-state index >= 15 is 0 Å². The van der Waals surface area contributed by atoms with Crippen molar-refractivity contribution in [3.63, 3.8) is 0 Å². The minimum Gasteiger partial charge on any atom is -0.392 e. The van der Waals surface area contributed by atoms with Gasteiger partial charge in [0, 0.05) is 42.6 Å². The number of hydrogen-bond donors (Lipinski definition) is 4. The summed E-state index contributed by atoms with van der Waals surface area (Å²) in [5, 5.41) is 45.2. The average molecular weight is 408 g/mol. The molecular weight excluding hydrogens is 376 g/mol. The molecule has 0 aromatic rings. The number of Topliss-reactive ketones (excluding diaryl/α,β-unsaturated/α-hetero) is 1. The number of aliphatic hydroxyl groups is 4. The lowest BCUT2D eigenvalue weighted by atomic mass is 9.59. The SMILES string of the molecule is COCO[C@@H]1[C@@H](C)[C@@]2(O)[C@@H](C=C(CO)C[C@]3(O)C(=O)C(C)=C[C@@H]23)[C@@H]2C(C)(C)[C@]12O. The highest BCUT2D eigenvalue weighted by Crippen LogP contribution is 2.75.